The molecule has 4 bridgehead atoms. The number of carbonyl (C=O) groups is 1. The molecule has 0 unspecified atom stereocenters. The number of carbonyl (C=O) groups excluding carboxylic acids is 1. The molecule has 4 heteroatoms. The summed E-state index contributed by atoms with van der Waals surface area (Å²) in [4.78, 5) is 11.2. The average Bonchev–Trinajstić information content (AvgIpc) is 2.14. The first-order valence-corrected chi connectivity index (χ1v) is 5.91. The van der Waals surface area contributed by atoms with Crippen LogP contribution in [0.15, 0.2) is 0 Å². The smallest absolute Gasteiger partial charge is 0.331 e. The lowest BCUT2D eigenvalue weighted by Crippen LogP contribution is -2.61. The maximum absolute atomic E-state index is 11.2. The van der Waals surface area contributed by atoms with Crippen molar-refractivity contribution in [2.24, 2.45) is 17.8 Å². The van der Waals surface area contributed by atoms with Crippen LogP contribution in [0.3, 0.4) is 0 Å². The van der Waals surface area contributed by atoms with Gasteiger partial charge < -0.3 is 5.32 Å². The number of hydroxylamine groups is 1. The third-order valence-electron chi connectivity index (χ3n) is 4.52. The van der Waals surface area contributed by atoms with Gasteiger partial charge >= 0.3 is 6.03 Å². The number of nitrogens with one attached hydrogen (secondary N) is 2. The molecule has 0 aromatic heterocycles. The molecule has 15 heavy (non-hydrogen) atoms. The molecule has 0 aromatic carbocycles. The highest BCUT2D eigenvalue weighted by atomic mass is 16.5. The Balaban J connectivity index is 1.78. The summed E-state index contributed by atoms with van der Waals surface area (Å²) in [5.41, 5.74) is 1.69. The van der Waals surface area contributed by atoms with Gasteiger partial charge in [-0.2, -0.15) is 0 Å². The number of hydrogen-bond donors (Lipinski definition) is 3. The van der Waals surface area contributed by atoms with Gasteiger partial charge in [-0.25, -0.2) is 10.3 Å². The fourth-order valence-electron chi connectivity index (χ4n) is 4.53. The molecule has 3 N–H and O–H groups in total. The first-order valence-electron chi connectivity index (χ1n) is 5.91. The van der Waals surface area contributed by atoms with Gasteiger partial charge in [-0.3, -0.25) is 5.21 Å². The van der Waals surface area contributed by atoms with Gasteiger partial charge in [0.25, 0.3) is 0 Å². The minimum Gasteiger partial charge on any atom is -0.331 e. The largest absolute Gasteiger partial charge is 0.338 e. The van der Waals surface area contributed by atoms with Gasteiger partial charge in [-0.05, 0) is 56.3 Å². The Morgan fingerprint density at radius 1 is 1.07 bits per heavy atom. The Kier molecular flexibility index (Phi) is 1.96. The van der Waals surface area contributed by atoms with Crippen molar-refractivity contribution in [2.75, 3.05) is 0 Å². The Bertz CT molecular complexity index is 255. The highest BCUT2D eigenvalue weighted by molar-refractivity contribution is 5.73. The van der Waals surface area contributed by atoms with Crippen molar-refractivity contribution < 1.29 is 10.0 Å². The van der Waals surface area contributed by atoms with Crippen LogP contribution in [0.1, 0.15) is 38.5 Å². The van der Waals surface area contributed by atoms with E-state index < -0.39 is 6.03 Å². The van der Waals surface area contributed by atoms with Gasteiger partial charge in [0.15, 0.2) is 0 Å². The molecule has 0 spiro atoms. The Labute approximate surface area is 89.4 Å². The standard InChI is InChI=1S/C11H18N2O2/c14-10(13-15)12-11-4-7-1-8(5-11)3-9(2-7)6-11/h7-9,15H,1-6H2,(H2,12,13,14). The maximum Gasteiger partial charge on any atom is 0.338 e. The van der Waals surface area contributed by atoms with E-state index in [1.807, 2.05) is 0 Å². The third-order valence-corrected chi connectivity index (χ3v) is 4.52. The molecule has 4 fully saturated rings. The molecular formula is C11H18N2O2. The molecule has 0 heterocycles. The fourth-order valence-corrected chi connectivity index (χ4v) is 4.53. The number of amides is 2. The molecule has 2 amide bonds. The van der Waals surface area contributed by atoms with E-state index in [1.165, 1.54) is 19.3 Å². The van der Waals surface area contributed by atoms with Gasteiger partial charge in [0, 0.05) is 5.54 Å². The van der Waals surface area contributed by atoms with Crippen molar-refractivity contribution in [3.8, 4) is 0 Å². The quantitative estimate of drug-likeness (QED) is 0.455. The highest BCUT2D eigenvalue weighted by Crippen LogP contribution is 2.55. The van der Waals surface area contributed by atoms with E-state index in [4.69, 9.17) is 5.21 Å². The van der Waals surface area contributed by atoms with E-state index in [-0.39, 0.29) is 5.54 Å². The molecule has 0 saturated heterocycles. The second-order valence-electron chi connectivity index (χ2n) is 5.76. The zero-order chi connectivity index (χ0) is 10.5. The van der Waals surface area contributed by atoms with Crippen molar-refractivity contribution in [1.82, 2.24) is 10.8 Å². The second kappa shape index (κ2) is 3.11. The van der Waals surface area contributed by atoms with Crippen LogP contribution in [0.5, 0.6) is 0 Å². The van der Waals surface area contributed by atoms with Gasteiger partial charge in [0.2, 0.25) is 0 Å². The number of urea groups is 1. The van der Waals surface area contributed by atoms with Crippen LogP contribution >= 0.6 is 0 Å². The lowest BCUT2D eigenvalue weighted by atomic mass is 9.53. The molecule has 0 aliphatic heterocycles. The topological polar surface area (TPSA) is 61.4 Å². The van der Waals surface area contributed by atoms with Crippen LogP contribution in [0, 0.1) is 17.8 Å². The first-order chi connectivity index (χ1) is 7.19. The van der Waals surface area contributed by atoms with Crippen LogP contribution < -0.4 is 10.8 Å². The molecule has 0 radical (unpaired) electrons. The Morgan fingerprint density at radius 2 is 1.53 bits per heavy atom. The van der Waals surface area contributed by atoms with E-state index in [0.717, 1.165) is 37.0 Å². The SMILES string of the molecule is O=C(NO)NC12CC3CC(CC(C3)C1)C2. The summed E-state index contributed by atoms with van der Waals surface area (Å²) in [7, 11) is 0. The predicted octanol–water partition coefficient (Wildman–Crippen LogP) is 1.64. The summed E-state index contributed by atoms with van der Waals surface area (Å²) in [6.07, 6.45) is 7.44. The zero-order valence-electron chi connectivity index (χ0n) is 8.83. The van der Waals surface area contributed by atoms with Crippen molar-refractivity contribution >= 4 is 6.03 Å². The van der Waals surface area contributed by atoms with E-state index in [2.05, 4.69) is 5.32 Å². The summed E-state index contributed by atoms with van der Waals surface area (Å²) in [6.45, 7) is 0. The third kappa shape index (κ3) is 1.51. The summed E-state index contributed by atoms with van der Waals surface area (Å²) in [5.74, 6) is 2.45. The molecule has 4 aliphatic rings. The van der Waals surface area contributed by atoms with Gasteiger partial charge in [-0.15, -0.1) is 0 Å². The highest BCUT2D eigenvalue weighted by Gasteiger charge is 2.51. The molecule has 4 saturated carbocycles. The predicted molar refractivity (Wildman–Crippen MR) is 54.4 cm³/mol. The Morgan fingerprint density at radius 3 is 1.93 bits per heavy atom. The first kappa shape index (κ1) is 9.46. The molecular weight excluding hydrogens is 192 g/mol. The number of rotatable bonds is 1. The van der Waals surface area contributed by atoms with Crippen molar-refractivity contribution in [2.45, 2.75) is 44.1 Å². The minimum atomic E-state index is -0.433. The number of hydrogen-bond acceptors (Lipinski definition) is 2. The Hall–Kier alpha value is -0.770. The van der Waals surface area contributed by atoms with Crippen LogP contribution in [-0.4, -0.2) is 16.8 Å². The zero-order valence-corrected chi connectivity index (χ0v) is 8.83. The lowest BCUT2D eigenvalue weighted by molar-refractivity contribution is -0.0156. The van der Waals surface area contributed by atoms with Crippen molar-refractivity contribution in [1.29, 1.82) is 0 Å². The van der Waals surface area contributed by atoms with Crippen LogP contribution in [0.4, 0.5) is 4.79 Å². The summed E-state index contributed by atoms with van der Waals surface area (Å²) < 4.78 is 0. The summed E-state index contributed by atoms with van der Waals surface area (Å²) in [6, 6.07) is -0.433. The molecule has 0 aromatic rings. The van der Waals surface area contributed by atoms with E-state index in [9.17, 15) is 4.79 Å². The van der Waals surface area contributed by atoms with Gasteiger partial charge in [-0.1, -0.05) is 0 Å². The van der Waals surface area contributed by atoms with Crippen LogP contribution in [0.2, 0.25) is 0 Å². The monoisotopic (exact) mass is 210 g/mol. The van der Waals surface area contributed by atoms with Crippen LogP contribution in [0.25, 0.3) is 0 Å². The lowest BCUT2D eigenvalue weighted by Gasteiger charge is -2.56. The van der Waals surface area contributed by atoms with Gasteiger partial charge in [0.05, 0.1) is 0 Å². The second-order valence-corrected chi connectivity index (χ2v) is 5.76. The van der Waals surface area contributed by atoms with Gasteiger partial charge in [0.1, 0.15) is 0 Å². The molecule has 4 rings (SSSR count). The molecule has 4 nitrogen and oxygen atoms in total. The summed E-state index contributed by atoms with van der Waals surface area (Å²) >= 11 is 0. The molecule has 84 valence electrons. The average molecular weight is 210 g/mol. The van der Waals surface area contributed by atoms with E-state index >= 15 is 0 Å². The van der Waals surface area contributed by atoms with E-state index in [0.29, 0.717) is 0 Å². The van der Waals surface area contributed by atoms with Crippen molar-refractivity contribution in [3.05, 3.63) is 0 Å². The minimum absolute atomic E-state index is 0.00155. The van der Waals surface area contributed by atoms with Crippen molar-refractivity contribution in [3.63, 3.8) is 0 Å². The normalized spacial score (nSPS) is 46.6. The molecule has 0 atom stereocenters. The summed E-state index contributed by atoms with van der Waals surface area (Å²) in [5, 5.41) is 11.5. The maximum atomic E-state index is 11.2. The van der Waals surface area contributed by atoms with E-state index in [1.54, 1.807) is 5.48 Å². The fraction of sp³-hybridized carbons (Fsp3) is 0.909. The van der Waals surface area contributed by atoms with Crippen LogP contribution in [-0.2, 0) is 0 Å². The molecule has 4 aliphatic carbocycles.